The molecule has 1 N–H and O–H groups in total. The van der Waals surface area contributed by atoms with Crippen molar-refractivity contribution >= 4 is 17.5 Å². The largest absolute Gasteiger partial charge is 0.494 e. The summed E-state index contributed by atoms with van der Waals surface area (Å²) in [4.78, 5) is 31.2. The van der Waals surface area contributed by atoms with E-state index in [1.54, 1.807) is 6.92 Å². The number of methoxy groups -OCH3 is 1. The van der Waals surface area contributed by atoms with Crippen LogP contribution < -0.4 is 20.5 Å². The molecule has 0 radical (unpaired) electrons. The van der Waals surface area contributed by atoms with Gasteiger partial charge in [-0.2, -0.15) is 0 Å². The first-order valence-electron chi connectivity index (χ1n) is 8.45. The molecule has 0 unspecified atom stereocenters. The lowest BCUT2D eigenvalue weighted by Crippen LogP contribution is -2.34. The quantitative estimate of drug-likeness (QED) is 0.882. The van der Waals surface area contributed by atoms with Gasteiger partial charge in [0.2, 0.25) is 11.9 Å². The minimum atomic E-state index is -0.572. The molecular formula is C18H21FN4O3. The first-order valence-corrected chi connectivity index (χ1v) is 8.45. The van der Waals surface area contributed by atoms with Gasteiger partial charge < -0.3 is 15.0 Å². The van der Waals surface area contributed by atoms with Crippen LogP contribution >= 0.6 is 0 Å². The van der Waals surface area contributed by atoms with Crippen LogP contribution in [0, 0.1) is 12.7 Å². The molecule has 26 heavy (non-hydrogen) atoms. The van der Waals surface area contributed by atoms with Crippen molar-refractivity contribution in [3.8, 4) is 5.75 Å². The van der Waals surface area contributed by atoms with Gasteiger partial charge in [-0.25, -0.2) is 9.37 Å². The minimum Gasteiger partial charge on any atom is -0.494 e. The fourth-order valence-electron chi connectivity index (χ4n) is 3.00. The molecule has 2 heterocycles. The summed E-state index contributed by atoms with van der Waals surface area (Å²) in [6, 6.07) is 5.55. The Morgan fingerprint density at radius 2 is 2.04 bits per heavy atom. The Morgan fingerprint density at radius 3 is 2.69 bits per heavy atom. The molecule has 1 fully saturated rings. The van der Waals surface area contributed by atoms with E-state index in [4.69, 9.17) is 4.74 Å². The van der Waals surface area contributed by atoms with Crippen LogP contribution in [-0.2, 0) is 11.3 Å². The van der Waals surface area contributed by atoms with Crippen LogP contribution in [0.2, 0.25) is 0 Å². The first kappa shape index (κ1) is 17.9. The van der Waals surface area contributed by atoms with Gasteiger partial charge in [-0.3, -0.25) is 14.2 Å². The highest BCUT2D eigenvalue weighted by Gasteiger charge is 2.20. The maximum absolute atomic E-state index is 13.8. The number of hydrogen-bond acceptors (Lipinski definition) is 5. The zero-order valence-electron chi connectivity index (χ0n) is 14.8. The lowest BCUT2D eigenvalue weighted by atomic mass is 10.3. The summed E-state index contributed by atoms with van der Waals surface area (Å²) >= 11 is 0. The van der Waals surface area contributed by atoms with Gasteiger partial charge in [0, 0.05) is 36.6 Å². The summed E-state index contributed by atoms with van der Waals surface area (Å²) in [5, 5.41) is 2.60. The van der Waals surface area contributed by atoms with E-state index in [0.29, 0.717) is 17.3 Å². The Labute approximate surface area is 150 Å². The number of rotatable bonds is 5. The number of carbonyl (C=O) groups excluding carboxylic acids is 1. The molecule has 0 bridgehead atoms. The Hall–Kier alpha value is -2.90. The lowest BCUT2D eigenvalue weighted by molar-refractivity contribution is -0.116. The van der Waals surface area contributed by atoms with Crippen molar-refractivity contribution in [2.75, 3.05) is 30.4 Å². The Morgan fingerprint density at radius 1 is 1.31 bits per heavy atom. The number of hydrogen-bond donors (Lipinski definition) is 1. The predicted molar refractivity (Wildman–Crippen MR) is 96.3 cm³/mol. The second-order valence-electron chi connectivity index (χ2n) is 6.21. The average molecular weight is 360 g/mol. The predicted octanol–water partition coefficient (Wildman–Crippen LogP) is 1.94. The van der Waals surface area contributed by atoms with Crippen molar-refractivity contribution < 1.29 is 13.9 Å². The number of halogens is 1. The van der Waals surface area contributed by atoms with E-state index in [0.717, 1.165) is 25.9 Å². The Balaban J connectivity index is 1.81. The second kappa shape index (κ2) is 7.55. The highest BCUT2D eigenvalue weighted by Crippen LogP contribution is 2.21. The zero-order chi connectivity index (χ0) is 18.7. The molecule has 2 aromatic rings. The molecule has 3 rings (SSSR count). The van der Waals surface area contributed by atoms with Crippen molar-refractivity contribution in [1.82, 2.24) is 9.55 Å². The fraction of sp³-hybridized carbons (Fsp3) is 0.389. The van der Waals surface area contributed by atoms with Crippen LogP contribution in [0.25, 0.3) is 0 Å². The van der Waals surface area contributed by atoms with E-state index >= 15 is 0 Å². The molecule has 7 nitrogen and oxygen atoms in total. The SMILES string of the molecule is COc1ccc(NC(=O)Cn2c(N3CCCC3)nc(C)cc2=O)cc1F. The zero-order valence-corrected chi connectivity index (χ0v) is 14.8. The highest BCUT2D eigenvalue weighted by molar-refractivity contribution is 5.90. The maximum Gasteiger partial charge on any atom is 0.255 e. The monoisotopic (exact) mass is 360 g/mol. The van der Waals surface area contributed by atoms with Crippen LogP contribution in [-0.4, -0.2) is 35.7 Å². The Bertz CT molecular complexity index is 875. The highest BCUT2D eigenvalue weighted by atomic mass is 19.1. The van der Waals surface area contributed by atoms with E-state index in [9.17, 15) is 14.0 Å². The number of carbonyl (C=O) groups is 1. The van der Waals surface area contributed by atoms with Crippen LogP contribution in [0.15, 0.2) is 29.1 Å². The van der Waals surface area contributed by atoms with Gasteiger partial charge in [0.05, 0.1) is 7.11 Å². The van der Waals surface area contributed by atoms with Crippen LogP contribution in [0.5, 0.6) is 5.75 Å². The maximum atomic E-state index is 13.8. The second-order valence-corrected chi connectivity index (χ2v) is 6.21. The van der Waals surface area contributed by atoms with Crippen molar-refractivity contribution in [1.29, 1.82) is 0 Å². The number of nitrogens with one attached hydrogen (secondary N) is 1. The van der Waals surface area contributed by atoms with Gasteiger partial charge in [-0.1, -0.05) is 0 Å². The lowest BCUT2D eigenvalue weighted by Gasteiger charge is -2.21. The summed E-state index contributed by atoms with van der Waals surface area (Å²) in [5.41, 5.74) is 0.630. The van der Waals surface area contributed by atoms with E-state index in [-0.39, 0.29) is 17.9 Å². The molecule has 138 valence electrons. The number of amides is 1. The Kier molecular flexibility index (Phi) is 5.20. The molecule has 1 saturated heterocycles. The van der Waals surface area contributed by atoms with E-state index in [2.05, 4.69) is 10.3 Å². The first-order chi connectivity index (χ1) is 12.5. The van der Waals surface area contributed by atoms with Crippen molar-refractivity contribution in [2.45, 2.75) is 26.3 Å². The van der Waals surface area contributed by atoms with Crippen molar-refractivity contribution in [3.63, 3.8) is 0 Å². The minimum absolute atomic E-state index is 0.0956. The van der Waals surface area contributed by atoms with E-state index in [1.807, 2.05) is 4.90 Å². The molecule has 0 aliphatic carbocycles. The summed E-state index contributed by atoms with van der Waals surface area (Å²) in [6.45, 7) is 3.18. The molecule has 1 aliphatic rings. The van der Waals surface area contributed by atoms with Crippen LogP contribution in [0.4, 0.5) is 16.0 Å². The molecule has 1 aliphatic heterocycles. The van der Waals surface area contributed by atoms with Gasteiger partial charge in [-0.15, -0.1) is 0 Å². The van der Waals surface area contributed by atoms with E-state index < -0.39 is 11.7 Å². The van der Waals surface area contributed by atoms with Crippen molar-refractivity contribution in [3.05, 3.63) is 46.1 Å². The number of ether oxygens (including phenoxy) is 1. The third kappa shape index (κ3) is 3.84. The van der Waals surface area contributed by atoms with E-state index in [1.165, 1.54) is 35.9 Å². The normalized spacial score (nSPS) is 13.7. The molecule has 1 amide bonds. The number of aromatic nitrogens is 2. The molecular weight excluding hydrogens is 339 g/mol. The summed E-state index contributed by atoms with van der Waals surface area (Å²) < 4.78 is 20.0. The number of anilines is 2. The molecule has 0 atom stereocenters. The van der Waals surface area contributed by atoms with Gasteiger partial charge in [-0.05, 0) is 31.9 Å². The van der Waals surface area contributed by atoms with Gasteiger partial charge in [0.1, 0.15) is 6.54 Å². The summed E-state index contributed by atoms with van der Waals surface area (Å²) in [5.74, 6) is -0.401. The van der Waals surface area contributed by atoms with Crippen LogP contribution in [0.3, 0.4) is 0 Å². The molecule has 0 spiro atoms. The molecule has 1 aromatic carbocycles. The standard InChI is InChI=1S/C18H21FN4O3/c1-12-9-17(25)23(18(20-12)22-7-3-4-8-22)11-16(24)21-13-5-6-15(26-2)14(19)10-13/h5-6,9-10H,3-4,7-8,11H2,1-2H3,(H,21,24). The third-order valence-electron chi connectivity index (χ3n) is 4.24. The number of benzene rings is 1. The topological polar surface area (TPSA) is 76.5 Å². The van der Waals surface area contributed by atoms with Gasteiger partial charge in [0.25, 0.3) is 5.56 Å². The molecule has 0 saturated carbocycles. The third-order valence-corrected chi connectivity index (χ3v) is 4.24. The number of aryl methyl sites for hydroxylation is 1. The smallest absolute Gasteiger partial charge is 0.255 e. The number of nitrogens with zero attached hydrogens (tertiary/aromatic N) is 3. The molecule has 8 heteroatoms. The van der Waals surface area contributed by atoms with Crippen molar-refractivity contribution in [2.24, 2.45) is 0 Å². The van der Waals surface area contributed by atoms with Gasteiger partial charge >= 0.3 is 0 Å². The average Bonchev–Trinajstić information content (AvgIpc) is 3.11. The summed E-state index contributed by atoms with van der Waals surface area (Å²) in [6.07, 6.45) is 2.06. The fourth-order valence-corrected chi connectivity index (χ4v) is 3.00. The van der Waals surface area contributed by atoms with Gasteiger partial charge in [0.15, 0.2) is 11.6 Å². The molecule has 1 aromatic heterocycles. The van der Waals surface area contributed by atoms with Crippen LogP contribution in [0.1, 0.15) is 18.5 Å². The summed E-state index contributed by atoms with van der Waals surface area (Å²) in [7, 11) is 1.37.